The Morgan fingerprint density at radius 1 is 0.866 bits per heavy atom. The summed E-state index contributed by atoms with van der Waals surface area (Å²) < 4.78 is 32.6. The molecule has 6 amide bonds. The van der Waals surface area contributed by atoms with Crippen molar-refractivity contribution in [3.63, 3.8) is 0 Å². The number of imide groups is 1. The van der Waals surface area contributed by atoms with Crippen molar-refractivity contribution >= 4 is 62.1 Å². The lowest BCUT2D eigenvalue weighted by Crippen LogP contribution is -2.52. The molecule has 3 aliphatic heterocycles. The van der Waals surface area contributed by atoms with Crippen LogP contribution in [0.15, 0.2) is 41.3 Å². The number of hydrogen-bond acceptors (Lipinski definition) is 11. The summed E-state index contributed by atoms with van der Waals surface area (Å²) in [5, 5.41) is 11.4. The summed E-state index contributed by atoms with van der Waals surface area (Å²) in [6.45, 7) is 6.94. The van der Waals surface area contributed by atoms with Gasteiger partial charge in [-0.05, 0) is 100 Å². The van der Waals surface area contributed by atoms with Crippen LogP contribution in [0.25, 0.3) is 22.0 Å². The van der Waals surface area contributed by atoms with Gasteiger partial charge in [0.2, 0.25) is 11.8 Å². The summed E-state index contributed by atoms with van der Waals surface area (Å²) in [7, 11) is -2.01. The highest BCUT2D eigenvalue weighted by Gasteiger charge is 2.39. The van der Waals surface area contributed by atoms with Gasteiger partial charge in [0.25, 0.3) is 23.3 Å². The third-order valence-electron chi connectivity index (χ3n) is 12.6. The molecule has 0 radical (unpaired) electrons. The molecular formula is C48H58N8O10S. The standard InChI is InChI=1S/C48H58N8O10S/c1-48(2,3)66-47(63)51-18-17-50-44(60)40-35-25-55(22-28-10-11-28)37-21-32(30(26-67(5,64)65)20-33(37)34-24-54(4)46(62)41(53-40)39(34)35)42(58)49-16-8-6-7-9-27-12-13-31-29(19-27)23-56(45(31)61)36-14-15-38(57)52-43(36)59/h12-13,19-21,24,28,36,53H,6-11,14-18,22-23,25-26H2,1-5H3,(H,49,58)(H,50,60)(H,51,63)(H,52,57,59). The number of carbonyl (C=O) groups is 6. The van der Waals surface area contributed by atoms with E-state index < -0.39 is 51.0 Å². The largest absolute Gasteiger partial charge is 0.444 e. The molecule has 18 nitrogen and oxygen atoms in total. The number of piperidine rings is 1. The fraction of sp³-hybridized carbons (Fsp3) is 0.479. The van der Waals surface area contributed by atoms with E-state index in [9.17, 15) is 42.0 Å². The van der Waals surface area contributed by atoms with Crippen LogP contribution in [0.5, 0.6) is 0 Å². The number of aromatic nitrogens is 2. The second-order valence-electron chi connectivity index (χ2n) is 19.3. The van der Waals surface area contributed by atoms with E-state index >= 15 is 0 Å². The van der Waals surface area contributed by atoms with Crippen LogP contribution in [0.4, 0.5) is 10.5 Å². The van der Waals surface area contributed by atoms with Crippen molar-refractivity contribution in [1.29, 1.82) is 0 Å². The number of amides is 6. The number of alkyl carbamates (subject to hydrolysis) is 1. The van der Waals surface area contributed by atoms with E-state index in [0.29, 0.717) is 77.3 Å². The number of carbonyl (C=O) groups excluding carboxylic acids is 6. The van der Waals surface area contributed by atoms with Crippen molar-refractivity contribution in [2.24, 2.45) is 13.0 Å². The number of aryl methyl sites for hydroxylation is 2. The molecule has 2 aromatic heterocycles. The lowest BCUT2D eigenvalue weighted by Gasteiger charge is -2.29. The second kappa shape index (κ2) is 18.6. The van der Waals surface area contributed by atoms with E-state index in [1.54, 1.807) is 52.2 Å². The maximum Gasteiger partial charge on any atom is 0.407 e. The van der Waals surface area contributed by atoms with Crippen LogP contribution in [0.1, 0.15) is 119 Å². The molecule has 5 N–H and O–H groups in total. The van der Waals surface area contributed by atoms with E-state index in [2.05, 4.69) is 31.2 Å². The number of unbranched alkanes of at least 4 members (excludes halogenated alkanes) is 2. The molecule has 5 heterocycles. The number of nitrogens with one attached hydrogen (secondary N) is 5. The molecule has 67 heavy (non-hydrogen) atoms. The molecule has 1 saturated heterocycles. The number of nitrogens with zero attached hydrogens (tertiary/aromatic N) is 3. The lowest BCUT2D eigenvalue weighted by atomic mass is 9.95. The molecule has 2 aromatic carbocycles. The Morgan fingerprint density at radius 2 is 1.61 bits per heavy atom. The Hall–Kier alpha value is -6.50. The Kier molecular flexibility index (Phi) is 13.1. The van der Waals surface area contributed by atoms with Crippen LogP contribution >= 0.6 is 0 Å². The molecule has 0 bridgehead atoms. The molecule has 1 saturated carbocycles. The first kappa shape index (κ1) is 47.0. The molecule has 356 valence electrons. The van der Waals surface area contributed by atoms with Gasteiger partial charge in [-0.1, -0.05) is 18.6 Å². The highest BCUT2D eigenvalue weighted by atomic mass is 32.2. The highest BCUT2D eigenvalue weighted by Crippen LogP contribution is 2.45. The van der Waals surface area contributed by atoms with E-state index in [1.807, 2.05) is 12.1 Å². The molecule has 4 aliphatic rings. The van der Waals surface area contributed by atoms with Gasteiger partial charge in [0.05, 0.1) is 5.75 Å². The van der Waals surface area contributed by atoms with E-state index in [1.165, 1.54) is 9.47 Å². The van der Waals surface area contributed by atoms with Gasteiger partial charge in [-0.15, -0.1) is 0 Å². The molecule has 0 spiro atoms. The van der Waals surface area contributed by atoms with Crippen LogP contribution in [-0.4, -0.2) is 103 Å². The zero-order valence-electron chi connectivity index (χ0n) is 38.6. The minimum absolute atomic E-state index is 0.0868. The molecule has 1 aliphatic carbocycles. The predicted molar refractivity (Wildman–Crippen MR) is 250 cm³/mol. The van der Waals surface area contributed by atoms with Crippen molar-refractivity contribution in [1.82, 2.24) is 35.7 Å². The first-order valence-electron chi connectivity index (χ1n) is 22.9. The summed E-state index contributed by atoms with van der Waals surface area (Å²) in [5.74, 6) is -1.90. The molecular weight excluding hydrogens is 881 g/mol. The topological polar surface area (TPSA) is 238 Å². The van der Waals surface area contributed by atoms with Gasteiger partial charge in [0.15, 0.2) is 9.84 Å². The molecule has 1 unspecified atom stereocenters. The number of H-pyrrole nitrogens is 1. The summed E-state index contributed by atoms with van der Waals surface area (Å²) in [4.78, 5) is 97.9. The Balaban J connectivity index is 0.975. The molecule has 1 atom stereocenters. The Bertz CT molecular complexity index is 2870. The number of pyridine rings is 1. The minimum atomic E-state index is -3.62. The predicted octanol–water partition coefficient (Wildman–Crippen LogP) is 3.97. The quantitative estimate of drug-likeness (QED) is 0.0796. The van der Waals surface area contributed by atoms with Crippen molar-refractivity contribution in [2.75, 3.05) is 37.3 Å². The number of rotatable bonds is 16. The summed E-state index contributed by atoms with van der Waals surface area (Å²) in [6, 6.07) is 8.53. The zero-order valence-corrected chi connectivity index (χ0v) is 39.4. The number of sulfone groups is 1. The number of ether oxygens (including phenoxy) is 1. The Morgan fingerprint density at radius 3 is 2.33 bits per heavy atom. The maximum atomic E-state index is 14.1. The van der Waals surface area contributed by atoms with Gasteiger partial charge in [0, 0.05) is 104 Å². The van der Waals surface area contributed by atoms with Crippen LogP contribution < -0.4 is 31.7 Å². The summed E-state index contributed by atoms with van der Waals surface area (Å²) >= 11 is 0. The van der Waals surface area contributed by atoms with Gasteiger partial charge in [-0.2, -0.15) is 0 Å². The smallest absolute Gasteiger partial charge is 0.407 e. The van der Waals surface area contributed by atoms with E-state index in [0.717, 1.165) is 49.5 Å². The van der Waals surface area contributed by atoms with Gasteiger partial charge < -0.3 is 40.0 Å². The third kappa shape index (κ3) is 10.6. The van der Waals surface area contributed by atoms with E-state index in [-0.39, 0.29) is 60.2 Å². The fourth-order valence-corrected chi connectivity index (χ4v) is 10.1. The number of fused-ring (bicyclic) bond motifs is 3. The maximum absolute atomic E-state index is 14.1. The van der Waals surface area contributed by atoms with Crippen molar-refractivity contribution in [3.8, 4) is 11.1 Å². The first-order valence-corrected chi connectivity index (χ1v) is 24.9. The highest BCUT2D eigenvalue weighted by molar-refractivity contribution is 7.89. The van der Waals surface area contributed by atoms with Crippen molar-refractivity contribution in [2.45, 2.75) is 103 Å². The normalized spacial score (nSPS) is 16.9. The van der Waals surface area contributed by atoms with Gasteiger partial charge in [-0.25, -0.2) is 13.2 Å². The van der Waals surface area contributed by atoms with Gasteiger partial charge >= 0.3 is 6.09 Å². The van der Waals surface area contributed by atoms with Gasteiger partial charge in [-0.3, -0.25) is 34.1 Å². The van der Waals surface area contributed by atoms with Crippen LogP contribution in [0.2, 0.25) is 0 Å². The SMILES string of the molecule is Cn1cc2c3c(c(C(=O)NCCNC(=O)OC(C)(C)C)[nH]c3c1=O)CN(CC1CC1)c1cc(C(=O)NCCCCCc3ccc4c(c3)CN(C3CCC(=O)NC3=O)C4=O)c(CS(C)(=O)=O)cc1-2. The van der Waals surface area contributed by atoms with Crippen molar-refractivity contribution < 1.29 is 41.9 Å². The first-order chi connectivity index (χ1) is 31.7. The zero-order chi connectivity index (χ0) is 47.9. The monoisotopic (exact) mass is 938 g/mol. The summed E-state index contributed by atoms with van der Waals surface area (Å²) in [6.07, 6.45) is 7.70. The van der Waals surface area contributed by atoms with Crippen LogP contribution in [0, 0.1) is 5.92 Å². The van der Waals surface area contributed by atoms with E-state index in [4.69, 9.17) is 4.74 Å². The molecule has 2 fully saturated rings. The molecule has 4 aromatic rings. The van der Waals surface area contributed by atoms with Crippen LogP contribution in [0.3, 0.4) is 0 Å². The minimum Gasteiger partial charge on any atom is -0.444 e. The Labute approximate surface area is 388 Å². The molecule has 8 rings (SSSR count). The van der Waals surface area contributed by atoms with Gasteiger partial charge in [0.1, 0.15) is 22.9 Å². The number of hydrogen-bond donors (Lipinski definition) is 5. The number of aromatic amines is 1. The molecule has 19 heteroatoms. The fourth-order valence-electron chi connectivity index (χ4n) is 9.28. The van der Waals surface area contributed by atoms with Crippen LogP contribution in [-0.2, 0) is 56.5 Å². The average Bonchev–Trinajstić information content (AvgIpc) is 3.93. The number of anilines is 1. The van der Waals surface area contributed by atoms with Crippen molar-refractivity contribution in [3.05, 3.63) is 86.0 Å². The lowest BCUT2D eigenvalue weighted by molar-refractivity contribution is -0.136. The average molecular weight is 939 g/mol. The third-order valence-corrected chi connectivity index (χ3v) is 13.4. The second-order valence-corrected chi connectivity index (χ2v) is 21.4. The summed E-state index contributed by atoms with van der Waals surface area (Å²) in [5.41, 5.74) is 4.93. The number of benzene rings is 2.